The zero-order valence-electron chi connectivity index (χ0n) is 20.2. The van der Waals surface area contributed by atoms with Crippen LogP contribution < -0.4 is 10.6 Å². The molecule has 2 amide bonds. The van der Waals surface area contributed by atoms with Crippen molar-refractivity contribution in [2.24, 2.45) is 11.8 Å². The van der Waals surface area contributed by atoms with Crippen molar-refractivity contribution < 1.29 is 41.4 Å². The first kappa shape index (κ1) is 28.3. The Balaban J connectivity index is 1.50. The van der Waals surface area contributed by atoms with Crippen LogP contribution in [-0.4, -0.2) is 53.9 Å². The van der Waals surface area contributed by atoms with Crippen LogP contribution >= 0.6 is 11.6 Å². The summed E-state index contributed by atoms with van der Waals surface area (Å²) in [5.41, 5.74) is -1.88. The van der Waals surface area contributed by atoms with Gasteiger partial charge in [0.1, 0.15) is 0 Å². The molecule has 0 heterocycles. The number of fused-ring (bicyclic) bond motifs is 2. The van der Waals surface area contributed by atoms with Crippen molar-refractivity contribution in [2.45, 2.75) is 54.4 Å². The van der Waals surface area contributed by atoms with Crippen LogP contribution in [0.5, 0.6) is 0 Å². The number of carbonyl (C=O) groups excluding carboxylic acids is 2. The number of rotatable bonds is 8. The summed E-state index contributed by atoms with van der Waals surface area (Å²) in [6.07, 6.45) is 0.519. The fourth-order valence-electron chi connectivity index (χ4n) is 5.30. The van der Waals surface area contributed by atoms with Crippen molar-refractivity contribution in [3.8, 4) is 0 Å². The molecule has 13 heteroatoms. The minimum absolute atomic E-state index is 0.0824. The molecule has 5 rings (SSSR count). The molecule has 2 aromatic carbocycles. The molecule has 3 fully saturated rings. The monoisotopic (exact) mass is 574 g/mol. The van der Waals surface area contributed by atoms with Gasteiger partial charge < -0.3 is 20.8 Å². The summed E-state index contributed by atoms with van der Waals surface area (Å²) in [7, 11) is -4.07. The third-order valence-corrected chi connectivity index (χ3v) is 10.0. The lowest BCUT2D eigenvalue weighted by Gasteiger charge is -2.58. The lowest BCUT2D eigenvalue weighted by atomic mass is 9.52. The molecular weight excluding hydrogens is 549 g/mol. The summed E-state index contributed by atoms with van der Waals surface area (Å²) >= 11 is 6.18. The molecule has 2 bridgehead atoms. The van der Waals surface area contributed by atoms with Gasteiger partial charge in [-0.05, 0) is 56.2 Å². The Labute approximate surface area is 222 Å². The summed E-state index contributed by atoms with van der Waals surface area (Å²) in [6.45, 7) is 1.35. The second-order valence-electron chi connectivity index (χ2n) is 9.94. The van der Waals surface area contributed by atoms with E-state index in [0.29, 0.717) is 18.6 Å². The second-order valence-corrected chi connectivity index (χ2v) is 12.5. The highest BCUT2D eigenvalue weighted by atomic mass is 35.5. The highest BCUT2D eigenvalue weighted by Gasteiger charge is 2.60. The van der Waals surface area contributed by atoms with E-state index in [-0.39, 0.29) is 47.0 Å². The van der Waals surface area contributed by atoms with E-state index in [1.54, 1.807) is 6.92 Å². The Kier molecular flexibility index (Phi) is 7.81. The number of amides is 2. The number of nitrogens with one attached hydrogen (secondary N) is 2. The van der Waals surface area contributed by atoms with Crippen molar-refractivity contribution in [3.63, 3.8) is 0 Å². The van der Waals surface area contributed by atoms with Crippen molar-refractivity contribution in [3.05, 3.63) is 58.4 Å². The van der Waals surface area contributed by atoms with E-state index in [2.05, 4.69) is 10.6 Å². The molecule has 3 aliphatic carbocycles. The smallest absolute Gasteiger partial charge is 0.255 e. The molecule has 3 unspecified atom stereocenters. The number of hydrogen-bond acceptors (Lipinski definition) is 6. The van der Waals surface area contributed by atoms with Gasteiger partial charge in [0.25, 0.3) is 5.91 Å². The average Bonchev–Trinajstić information content (AvgIpc) is 2.86. The molecule has 3 atom stereocenters. The number of carbonyl (C=O) groups is 2. The van der Waals surface area contributed by atoms with Gasteiger partial charge in [0, 0.05) is 29.4 Å². The van der Waals surface area contributed by atoms with Gasteiger partial charge in [0.15, 0.2) is 27.3 Å². The summed E-state index contributed by atoms with van der Waals surface area (Å²) in [5, 5.41) is 23.9. The van der Waals surface area contributed by atoms with Crippen LogP contribution in [0.1, 0.15) is 43.0 Å². The number of hydrogen-bond donors (Lipinski definition) is 4. The van der Waals surface area contributed by atoms with Crippen molar-refractivity contribution in [2.75, 3.05) is 11.9 Å². The summed E-state index contributed by atoms with van der Waals surface area (Å²) in [5.74, 6) is -6.91. The molecule has 0 radical (unpaired) electrons. The minimum Gasteiger partial charge on any atom is -0.394 e. The topological polar surface area (TPSA) is 133 Å². The number of benzene rings is 2. The van der Waals surface area contributed by atoms with E-state index >= 15 is 0 Å². The first-order chi connectivity index (χ1) is 17.8. The van der Waals surface area contributed by atoms with Crippen LogP contribution in [0.25, 0.3) is 0 Å². The van der Waals surface area contributed by atoms with E-state index in [1.165, 1.54) is 12.1 Å². The third kappa shape index (κ3) is 5.27. The van der Waals surface area contributed by atoms with E-state index < -0.39 is 67.8 Å². The molecule has 0 aromatic heterocycles. The van der Waals surface area contributed by atoms with Gasteiger partial charge in [0.2, 0.25) is 5.91 Å². The standard InChI is InChI=1S/C25H26ClF3N2O6S/c1-12(11-32)30-22(33)10-25(35)14-5-15(25)7-17(6-14)38(36,37)21-4-13(2-3-18(21)26)24(34)31-16-8-19(27)23(29)20(28)9-16/h2-4,8-9,12,14-15,17,32,35H,5-7,10-11H2,1H3,(H,30,33)(H,31,34). The predicted octanol–water partition coefficient (Wildman–Crippen LogP) is 3.20. The first-order valence-electron chi connectivity index (χ1n) is 11.9. The Morgan fingerprint density at radius 3 is 2.29 bits per heavy atom. The van der Waals surface area contributed by atoms with Crippen LogP contribution in [0.3, 0.4) is 0 Å². The van der Waals surface area contributed by atoms with Gasteiger partial charge >= 0.3 is 0 Å². The van der Waals surface area contributed by atoms with Crippen molar-refractivity contribution >= 4 is 38.9 Å². The molecule has 2 aromatic rings. The van der Waals surface area contributed by atoms with E-state index in [0.717, 1.165) is 6.07 Å². The van der Waals surface area contributed by atoms with Gasteiger partial charge in [-0.2, -0.15) is 0 Å². The molecule has 38 heavy (non-hydrogen) atoms. The van der Waals surface area contributed by atoms with E-state index in [9.17, 15) is 36.3 Å². The molecule has 3 aliphatic rings. The Bertz CT molecular complexity index is 1350. The van der Waals surface area contributed by atoms with Crippen molar-refractivity contribution in [1.29, 1.82) is 0 Å². The molecule has 4 N–H and O–H groups in total. The number of sulfone groups is 1. The molecular formula is C25H26ClF3N2O6S. The fraction of sp³-hybridized carbons (Fsp3) is 0.440. The summed E-state index contributed by atoms with van der Waals surface area (Å²) in [6, 6.07) is 4.19. The highest BCUT2D eigenvalue weighted by molar-refractivity contribution is 7.92. The number of aliphatic hydroxyl groups excluding tert-OH is 1. The quantitative estimate of drug-likeness (QED) is 0.358. The third-order valence-electron chi connectivity index (χ3n) is 7.38. The van der Waals surface area contributed by atoms with Crippen LogP contribution in [0, 0.1) is 29.3 Å². The molecule has 0 spiro atoms. The van der Waals surface area contributed by atoms with Gasteiger partial charge in [-0.15, -0.1) is 0 Å². The number of anilines is 1. The number of halogens is 4. The summed E-state index contributed by atoms with van der Waals surface area (Å²) in [4.78, 5) is 24.6. The molecule has 0 aliphatic heterocycles. The molecule has 8 nitrogen and oxygen atoms in total. The molecule has 3 saturated carbocycles. The minimum atomic E-state index is -4.07. The van der Waals surface area contributed by atoms with Crippen molar-refractivity contribution in [1.82, 2.24) is 5.32 Å². The fourth-order valence-corrected chi connectivity index (χ4v) is 7.70. The largest absolute Gasteiger partial charge is 0.394 e. The molecule has 0 saturated heterocycles. The SMILES string of the molecule is CC(CO)NC(=O)CC1(O)C2CC1CC(S(=O)(=O)c1cc(C(=O)Nc3cc(F)c(F)c(F)c3)ccc1Cl)C2. The van der Waals surface area contributed by atoms with Gasteiger partial charge in [-0.25, -0.2) is 21.6 Å². The highest BCUT2D eigenvalue weighted by Crippen LogP contribution is 2.57. The maximum absolute atomic E-state index is 13.5. The van der Waals surface area contributed by atoms with Gasteiger partial charge in [-0.3, -0.25) is 9.59 Å². The Morgan fingerprint density at radius 2 is 1.71 bits per heavy atom. The maximum atomic E-state index is 13.5. The second kappa shape index (κ2) is 10.5. The lowest BCUT2D eigenvalue weighted by molar-refractivity contribution is -0.184. The molecule has 206 valence electrons. The normalized spacial score (nSPS) is 25.3. The first-order valence-corrected chi connectivity index (χ1v) is 13.8. The summed E-state index contributed by atoms with van der Waals surface area (Å²) < 4.78 is 67.2. The van der Waals surface area contributed by atoms with Crippen LogP contribution in [0.4, 0.5) is 18.9 Å². The van der Waals surface area contributed by atoms with Crippen LogP contribution in [-0.2, 0) is 14.6 Å². The van der Waals surface area contributed by atoms with Crippen LogP contribution in [0.15, 0.2) is 35.2 Å². The predicted molar refractivity (Wildman–Crippen MR) is 132 cm³/mol. The lowest BCUT2D eigenvalue weighted by Crippen LogP contribution is -2.63. The van der Waals surface area contributed by atoms with Gasteiger partial charge in [0.05, 0.1) is 33.8 Å². The van der Waals surface area contributed by atoms with E-state index in [1.807, 2.05) is 0 Å². The van der Waals surface area contributed by atoms with E-state index in [4.69, 9.17) is 16.7 Å². The zero-order valence-corrected chi connectivity index (χ0v) is 21.8. The Hall–Kier alpha value is -2.67. The average molecular weight is 575 g/mol. The number of aliphatic hydroxyl groups is 2. The zero-order chi connectivity index (χ0) is 28.0. The maximum Gasteiger partial charge on any atom is 0.255 e. The Morgan fingerprint density at radius 1 is 1.11 bits per heavy atom. The van der Waals surface area contributed by atoms with Crippen LogP contribution in [0.2, 0.25) is 5.02 Å². The van der Waals surface area contributed by atoms with Gasteiger partial charge in [-0.1, -0.05) is 11.6 Å².